The Morgan fingerprint density at radius 2 is 1.16 bits per heavy atom. The van der Waals surface area contributed by atoms with E-state index in [1.54, 1.807) is 51.8 Å². The standard InChI is InChI=1S/C22H18N6O2.C19H14N6O2S/c1-12-9-14(7-8-24-12)18-15-5-3-4-6-16(15)22(29)30-19(18)13(2)28-21-17(10-27-28)20(23)25-11-26-21;1-10(25-18-13(6-24-25)17(20)22-8-23-18)16-15(14-7-21-9-28-14)11-4-2-3-5-12(11)19(26)27-16/h3-11,13H,1-2H3,(H2,23,25,26);2-10H,1H3,(H2,20,22,23). The molecule has 0 spiro atoms. The highest BCUT2D eigenvalue weighted by Gasteiger charge is 2.26. The van der Waals surface area contributed by atoms with E-state index in [1.807, 2.05) is 69.3 Å². The van der Waals surface area contributed by atoms with Gasteiger partial charge in [-0.3, -0.25) is 9.97 Å². The average Bonchev–Trinajstić information content (AvgIpc) is 4.03. The fourth-order valence-corrected chi connectivity index (χ4v) is 7.85. The molecule has 286 valence electrons. The van der Waals surface area contributed by atoms with Crippen LogP contribution < -0.4 is 22.7 Å². The van der Waals surface area contributed by atoms with Gasteiger partial charge in [0.15, 0.2) is 11.3 Å². The van der Waals surface area contributed by atoms with Gasteiger partial charge in [-0.15, -0.1) is 11.3 Å². The number of nitrogens with two attached hydrogens (primary N) is 2. The highest BCUT2D eigenvalue weighted by molar-refractivity contribution is 7.13. The number of aryl methyl sites for hydroxylation is 1. The van der Waals surface area contributed by atoms with Crippen LogP contribution in [0.1, 0.15) is 43.1 Å². The lowest BCUT2D eigenvalue weighted by molar-refractivity contribution is 0.405. The normalized spacial score (nSPS) is 12.5. The predicted octanol–water partition coefficient (Wildman–Crippen LogP) is 6.74. The molecular weight excluding hydrogens is 757 g/mol. The maximum absolute atomic E-state index is 12.8. The second-order valence-corrected chi connectivity index (χ2v) is 14.3. The van der Waals surface area contributed by atoms with E-state index in [1.165, 1.54) is 24.0 Å². The van der Waals surface area contributed by atoms with Crippen LogP contribution >= 0.6 is 11.3 Å². The van der Waals surface area contributed by atoms with Gasteiger partial charge in [-0.2, -0.15) is 10.2 Å². The molecule has 2 unspecified atom stereocenters. The molecule has 0 aliphatic rings. The molecule has 0 fully saturated rings. The molecule has 10 aromatic rings. The van der Waals surface area contributed by atoms with Gasteiger partial charge >= 0.3 is 11.3 Å². The Morgan fingerprint density at radius 3 is 1.67 bits per heavy atom. The molecule has 58 heavy (non-hydrogen) atoms. The smallest absolute Gasteiger partial charge is 0.343 e. The fourth-order valence-electron chi connectivity index (χ4n) is 7.17. The van der Waals surface area contributed by atoms with E-state index >= 15 is 0 Å². The third kappa shape index (κ3) is 6.09. The summed E-state index contributed by atoms with van der Waals surface area (Å²) in [5.41, 5.74) is 17.4. The number of benzene rings is 2. The first-order valence-electron chi connectivity index (χ1n) is 18.0. The van der Waals surface area contributed by atoms with Crippen molar-refractivity contribution in [3.63, 3.8) is 0 Å². The van der Waals surface area contributed by atoms with Gasteiger partial charge < -0.3 is 20.3 Å². The molecule has 2 aromatic carbocycles. The number of pyridine rings is 1. The highest BCUT2D eigenvalue weighted by atomic mass is 32.1. The van der Waals surface area contributed by atoms with Gasteiger partial charge in [-0.25, -0.2) is 38.9 Å². The summed E-state index contributed by atoms with van der Waals surface area (Å²) in [6.07, 6.45) is 9.54. The van der Waals surface area contributed by atoms with Gasteiger partial charge in [0.1, 0.15) is 47.9 Å². The molecule has 0 radical (unpaired) electrons. The van der Waals surface area contributed by atoms with Crippen LogP contribution in [-0.4, -0.2) is 49.5 Å². The zero-order valence-corrected chi connectivity index (χ0v) is 32.0. The maximum Gasteiger partial charge on any atom is 0.343 e. The van der Waals surface area contributed by atoms with Crippen LogP contribution in [0.5, 0.6) is 0 Å². The molecule has 0 saturated carbocycles. The van der Waals surface area contributed by atoms with Crippen molar-refractivity contribution in [2.75, 3.05) is 11.5 Å². The topological polar surface area (TPSA) is 225 Å². The molecule has 10 rings (SSSR count). The summed E-state index contributed by atoms with van der Waals surface area (Å²) in [6.45, 7) is 5.74. The molecule has 17 heteroatoms. The Bertz CT molecular complexity index is 3280. The molecule has 8 heterocycles. The third-order valence-electron chi connectivity index (χ3n) is 9.93. The molecule has 0 saturated heterocycles. The first-order valence-corrected chi connectivity index (χ1v) is 18.9. The number of fused-ring (bicyclic) bond motifs is 4. The van der Waals surface area contributed by atoms with Gasteiger partial charge in [-0.1, -0.05) is 36.4 Å². The van der Waals surface area contributed by atoms with Gasteiger partial charge in [0.2, 0.25) is 0 Å². The molecular formula is C41H32N12O4S. The molecule has 16 nitrogen and oxygen atoms in total. The number of thiazole rings is 1. The quantitative estimate of drug-likeness (QED) is 0.178. The predicted molar refractivity (Wildman–Crippen MR) is 221 cm³/mol. The van der Waals surface area contributed by atoms with Crippen LogP contribution in [-0.2, 0) is 0 Å². The molecule has 2 atom stereocenters. The molecule has 0 aliphatic heterocycles. The van der Waals surface area contributed by atoms with Gasteiger partial charge in [0, 0.05) is 40.0 Å². The summed E-state index contributed by atoms with van der Waals surface area (Å²) in [7, 11) is 0. The van der Waals surface area contributed by atoms with E-state index in [9.17, 15) is 9.59 Å². The van der Waals surface area contributed by atoms with Crippen molar-refractivity contribution in [1.29, 1.82) is 0 Å². The van der Waals surface area contributed by atoms with Crippen LogP contribution in [0.25, 0.3) is 65.2 Å². The first kappa shape index (κ1) is 36.0. The van der Waals surface area contributed by atoms with E-state index in [0.29, 0.717) is 56.0 Å². The van der Waals surface area contributed by atoms with E-state index in [2.05, 4.69) is 40.1 Å². The van der Waals surface area contributed by atoms with Crippen LogP contribution in [0, 0.1) is 6.92 Å². The lowest BCUT2D eigenvalue weighted by atomic mass is 9.96. The fraction of sp³-hybridized carbons (Fsp3) is 0.122. The minimum absolute atomic E-state index is 0.350. The summed E-state index contributed by atoms with van der Waals surface area (Å²) in [4.78, 5) is 51.5. The van der Waals surface area contributed by atoms with Crippen LogP contribution in [0.3, 0.4) is 0 Å². The molecule has 0 bridgehead atoms. The Morgan fingerprint density at radius 1 is 0.638 bits per heavy atom. The number of hydrogen-bond acceptors (Lipinski definition) is 15. The van der Waals surface area contributed by atoms with Crippen molar-refractivity contribution in [2.45, 2.75) is 32.9 Å². The van der Waals surface area contributed by atoms with Crippen molar-refractivity contribution in [2.24, 2.45) is 0 Å². The van der Waals surface area contributed by atoms with Crippen molar-refractivity contribution in [3.05, 3.63) is 142 Å². The zero-order valence-electron chi connectivity index (χ0n) is 31.1. The first-order chi connectivity index (χ1) is 28.2. The van der Waals surface area contributed by atoms with Crippen molar-refractivity contribution >= 4 is 66.6 Å². The maximum atomic E-state index is 12.8. The second-order valence-electron chi connectivity index (χ2n) is 13.4. The summed E-state index contributed by atoms with van der Waals surface area (Å²) in [5.74, 6) is 1.69. The minimum Gasteiger partial charge on any atom is -0.424 e. The largest absolute Gasteiger partial charge is 0.424 e. The summed E-state index contributed by atoms with van der Waals surface area (Å²) in [6, 6.07) is 17.9. The summed E-state index contributed by atoms with van der Waals surface area (Å²) < 4.78 is 15.0. The number of hydrogen-bond donors (Lipinski definition) is 2. The number of nitrogens with zero attached hydrogens (tertiary/aromatic N) is 10. The molecule has 0 aliphatic carbocycles. The highest BCUT2D eigenvalue weighted by Crippen LogP contribution is 2.38. The Hall–Kier alpha value is -7.66. The summed E-state index contributed by atoms with van der Waals surface area (Å²) >= 11 is 1.48. The minimum atomic E-state index is -0.419. The molecule has 0 amide bonds. The number of nitrogen functional groups attached to an aromatic ring is 2. The number of rotatable bonds is 6. The number of anilines is 2. The third-order valence-corrected chi connectivity index (χ3v) is 10.7. The second kappa shape index (κ2) is 14.4. The molecule has 4 N–H and O–H groups in total. The lowest BCUT2D eigenvalue weighted by Gasteiger charge is -2.18. The zero-order chi connectivity index (χ0) is 40.1. The Kier molecular flexibility index (Phi) is 8.97. The van der Waals surface area contributed by atoms with Gasteiger partial charge in [0.25, 0.3) is 0 Å². The van der Waals surface area contributed by atoms with Crippen LogP contribution in [0.15, 0.2) is 122 Å². The van der Waals surface area contributed by atoms with Crippen molar-refractivity contribution < 1.29 is 8.83 Å². The van der Waals surface area contributed by atoms with Crippen molar-refractivity contribution in [1.82, 2.24) is 49.5 Å². The van der Waals surface area contributed by atoms with Crippen LogP contribution in [0.2, 0.25) is 0 Å². The Balaban J connectivity index is 0.000000151. The van der Waals surface area contributed by atoms with Crippen molar-refractivity contribution in [3.8, 4) is 21.6 Å². The Labute approximate surface area is 331 Å². The van der Waals surface area contributed by atoms with Crippen LogP contribution in [0.4, 0.5) is 11.6 Å². The summed E-state index contributed by atoms with van der Waals surface area (Å²) in [5, 5.41) is 12.9. The van der Waals surface area contributed by atoms with Gasteiger partial charge in [-0.05, 0) is 50.6 Å². The SMILES string of the molecule is CC(c1oc(=O)c2ccccc2c1-c1cncs1)n1ncc2c(N)ncnc21.Cc1cc(-c2c(C(C)n3ncc4c(N)ncnc43)oc(=O)c3ccccc23)ccn1. The average molecular weight is 789 g/mol. The van der Waals surface area contributed by atoms with E-state index < -0.39 is 23.3 Å². The monoisotopic (exact) mass is 788 g/mol. The number of aromatic nitrogens is 10. The lowest BCUT2D eigenvalue weighted by Crippen LogP contribution is -2.14. The van der Waals surface area contributed by atoms with Gasteiger partial charge in [0.05, 0.1) is 44.3 Å². The van der Waals surface area contributed by atoms with E-state index in [4.69, 9.17) is 20.3 Å². The van der Waals surface area contributed by atoms with E-state index in [-0.39, 0.29) is 0 Å². The van der Waals surface area contributed by atoms with E-state index in [0.717, 1.165) is 38.0 Å². The molecule has 8 aromatic heterocycles.